The lowest BCUT2D eigenvalue weighted by atomic mass is 10.3. The molecule has 1 fully saturated rings. The molecule has 1 saturated heterocycles. The second-order valence-corrected chi connectivity index (χ2v) is 11.3. The largest absolute Gasteiger partial charge is 0.463 e. The first kappa shape index (κ1) is 19.9. The van der Waals surface area contributed by atoms with Crippen molar-refractivity contribution in [3.05, 3.63) is 72.4 Å². The van der Waals surface area contributed by atoms with Crippen LogP contribution in [-0.4, -0.2) is 36.7 Å². The van der Waals surface area contributed by atoms with Gasteiger partial charge in [0.15, 0.2) is 0 Å². The highest BCUT2D eigenvalue weighted by Crippen LogP contribution is 2.46. The van der Waals surface area contributed by atoms with Crippen molar-refractivity contribution in [1.29, 1.82) is 0 Å². The number of carbonyl (C=O) groups is 1. The van der Waals surface area contributed by atoms with E-state index < -0.39 is 6.04 Å². The molecule has 5 heteroatoms. The van der Waals surface area contributed by atoms with Gasteiger partial charge in [-0.3, -0.25) is 0 Å². The Morgan fingerprint density at radius 1 is 1.04 bits per heavy atom. The van der Waals surface area contributed by atoms with Gasteiger partial charge in [0, 0.05) is 37.1 Å². The Labute approximate surface area is 167 Å². The quantitative estimate of drug-likeness (QED) is 0.404. The number of esters is 1. The number of hydrogen-bond donors (Lipinski definition) is 0. The van der Waals surface area contributed by atoms with Gasteiger partial charge in [-0.2, -0.15) is 0 Å². The van der Waals surface area contributed by atoms with E-state index in [0.29, 0.717) is 12.8 Å². The van der Waals surface area contributed by atoms with Gasteiger partial charge in [-0.1, -0.05) is 72.5 Å². The lowest BCUT2D eigenvalue weighted by Gasteiger charge is -2.29. The molecule has 0 atom stereocenters. The number of allylic oxidation sites excluding steroid dienone is 1. The Morgan fingerprint density at radius 2 is 1.56 bits per heavy atom. The van der Waals surface area contributed by atoms with Crippen molar-refractivity contribution in [3.8, 4) is 0 Å². The minimum absolute atomic E-state index is 0.276. The van der Waals surface area contributed by atoms with E-state index in [1.165, 1.54) is 10.6 Å². The highest BCUT2D eigenvalue weighted by atomic mass is 32.4. The third-order valence-electron chi connectivity index (χ3n) is 4.81. The number of nitrogens with zero attached hydrogens (tertiary/aromatic N) is 1. The molecule has 0 N–H and O–H groups in total. The van der Waals surface area contributed by atoms with Crippen LogP contribution in [0.15, 0.2) is 72.4 Å². The SMILES string of the molecule is CCOC(=O)/C=C(/CP(=S)(c1ccccc1)c1ccccc1)N1CCCC1. The molecule has 0 aliphatic carbocycles. The molecule has 0 radical (unpaired) electrons. The molecular weight excluding hydrogens is 373 g/mol. The first-order valence-electron chi connectivity index (χ1n) is 9.46. The molecule has 3 rings (SSSR count). The Bertz CT molecular complexity index is 786. The maximum Gasteiger partial charge on any atom is 0.332 e. The molecule has 0 bridgehead atoms. The van der Waals surface area contributed by atoms with Crippen LogP contribution in [0.4, 0.5) is 0 Å². The second-order valence-electron chi connectivity index (χ2n) is 6.65. The van der Waals surface area contributed by atoms with Gasteiger partial charge in [0.05, 0.1) is 6.61 Å². The number of hydrogen-bond acceptors (Lipinski definition) is 4. The summed E-state index contributed by atoms with van der Waals surface area (Å²) in [5.74, 6) is -0.276. The maximum absolute atomic E-state index is 12.2. The Balaban J connectivity index is 2.03. The normalized spacial score (nSPS) is 15.0. The number of carbonyl (C=O) groups excluding carboxylic acids is 1. The van der Waals surface area contributed by atoms with Crippen LogP contribution in [-0.2, 0) is 21.3 Å². The van der Waals surface area contributed by atoms with Crippen LogP contribution in [0.5, 0.6) is 0 Å². The van der Waals surface area contributed by atoms with Crippen LogP contribution in [0.25, 0.3) is 0 Å². The molecule has 3 nitrogen and oxygen atoms in total. The van der Waals surface area contributed by atoms with E-state index in [-0.39, 0.29) is 5.97 Å². The van der Waals surface area contributed by atoms with E-state index in [4.69, 9.17) is 16.5 Å². The lowest BCUT2D eigenvalue weighted by molar-refractivity contribution is -0.137. The summed E-state index contributed by atoms with van der Waals surface area (Å²) in [4.78, 5) is 14.5. The summed E-state index contributed by atoms with van der Waals surface area (Å²) in [6.07, 6.45) is 4.66. The summed E-state index contributed by atoms with van der Waals surface area (Å²) in [6.45, 7) is 4.17. The standard InChI is InChI=1S/C22H26NO2PS/c1-2-25-22(24)17-19(23-15-9-10-16-23)18-26(27,20-11-5-3-6-12-20)21-13-7-4-8-14-21/h3-8,11-14,17H,2,9-10,15-16,18H2,1H3/b19-17-. The van der Waals surface area contributed by atoms with E-state index in [2.05, 4.69) is 29.2 Å². The average Bonchev–Trinajstić information content (AvgIpc) is 3.24. The number of likely N-dealkylation sites (tertiary alicyclic amines) is 1. The summed E-state index contributed by atoms with van der Waals surface area (Å²) in [5.41, 5.74) is 1.02. The van der Waals surface area contributed by atoms with E-state index in [1.807, 2.05) is 43.3 Å². The van der Waals surface area contributed by atoms with E-state index in [9.17, 15) is 4.79 Å². The van der Waals surface area contributed by atoms with Gasteiger partial charge < -0.3 is 9.64 Å². The van der Waals surface area contributed by atoms with Crippen molar-refractivity contribution in [2.75, 3.05) is 25.9 Å². The molecule has 0 aromatic heterocycles. The van der Waals surface area contributed by atoms with Crippen LogP contribution in [0, 0.1) is 0 Å². The van der Waals surface area contributed by atoms with Gasteiger partial charge in [0.1, 0.15) is 0 Å². The molecule has 2 aromatic carbocycles. The molecule has 0 spiro atoms. The summed E-state index contributed by atoms with van der Waals surface area (Å²) < 4.78 is 5.19. The van der Waals surface area contributed by atoms with Crippen LogP contribution in [0.3, 0.4) is 0 Å². The van der Waals surface area contributed by atoms with E-state index >= 15 is 0 Å². The van der Waals surface area contributed by atoms with Crippen LogP contribution >= 0.6 is 6.04 Å². The van der Waals surface area contributed by atoms with Gasteiger partial charge in [-0.25, -0.2) is 4.79 Å². The van der Waals surface area contributed by atoms with Crippen molar-refractivity contribution < 1.29 is 9.53 Å². The van der Waals surface area contributed by atoms with E-state index in [0.717, 1.165) is 31.6 Å². The maximum atomic E-state index is 12.2. The third-order valence-corrected chi connectivity index (χ3v) is 9.50. The summed E-state index contributed by atoms with van der Waals surface area (Å²) in [7, 11) is 0. The lowest BCUT2D eigenvalue weighted by Crippen LogP contribution is -2.27. The summed E-state index contributed by atoms with van der Waals surface area (Å²) in [5, 5.41) is 2.36. The molecule has 0 unspecified atom stereocenters. The van der Waals surface area contributed by atoms with Crippen molar-refractivity contribution in [1.82, 2.24) is 4.90 Å². The zero-order valence-electron chi connectivity index (χ0n) is 15.7. The minimum atomic E-state index is -2.09. The van der Waals surface area contributed by atoms with Gasteiger partial charge in [0.25, 0.3) is 0 Å². The predicted molar refractivity (Wildman–Crippen MR) is 117 cm³/mol. The van der Waals surface area contributed by atoms with Crippen LogP contribution < -0.4 is 10.6 Å². The molecule has 0 saturated carbocycles. The fourth-order valence-electron chi connectivity index (χ4n) is 3.46. The number of rotatable bonds is 7. The molecule has 2 aromatic rings. The van der Waals surface area contributed by atoms with Gasteiger partial charge in [0.2, 0.25) is 0 Å². The molecule has 1 aliphatic rings. The second kappa shape index (κ2) is 9.34. The zero-order chi connectivity index (χ0) is 19.1. The van der Waals surface area contributed by atoms with Crippen molar-refractivity contribution in [2.45, 2.75) is 19.8 Å². The molecule has 0 amide bonds. The predicted octanol–water partition coefficient (Wildman–Crippen LogP) is 3.66. The molecule has 27 heavy (non-hydrogen) atoms. The molecular formula is C22H26NO2PS. The topological polar surface area (TPSA) is 29.5 Å². The van der Waals surface area contributed by atoms with Crippen molar-refractivity contribution >= 4 is 34.4 Å². The fraction of sp³-hybridized carbons (Fsp3) is 0.318. The highest BCUT2D eigenvalue weighted by molar-refractivity contribution is 8.22. The van der Waals surface area contributed by atoms with Gasteiger partial charge in [-0.05, 0) is 30.4 Å². The minimum Gasteiger partial charge on any atom is -0.463 e. The average molecular weight is 399 g/mol. The number of benzene rings is 2. The van der Waals surface area contributed by atoms with Gasteiger partial charge >= 0.3 is 5.97 Å². The highest BCUT2D eigenvalue weighted by Gasteiger charge is 2.27. The third kappa shape index (κ3) is 4.88. The first-order chi connectivity index (χ1) is 13.1. The molecule has 142 valence electrons. The smallest absolute Gasteiger partial charge is 0.332 e. The fourth-order valence-corrected chi connectivity index (χ4v) is 7.30. The van der Waals surface area contributed by atoms with E-state index in [1.54, 1.807) is 6.08 Å². The Kier molecular flexibility index (Phi) is 6.87. The van der Waals surface area contributed by atoms with Crippen LogP contribution in [0.2, 0.25) is 0 Å². The monoisotopic (exact) mass is 399 g/mol. The Hall–Kier alpha value is -1.90. The number of ether oxygens (including phenoxy) is 1. The molecule has 1 heterocycles. The van der Waals surface area contributed by atoms with Crippen molar-refractivity contribution in [2.24, 2.45) is 0 Å². The summed E-state index contributed by atoms with van der Waals surface area (Å²) >= 11 is 6.36. The van der Waals surface area contributed by atoms with Crippen LogP contribution in [0.1, 0.15) is 19.8 Å². The zero-order valence-corrected chi connectivity index (χ0v) is 17.4. The first-order valence-corrected chi connectivity index (χ1v) is 12.4. The summed E-state index contributed by atoms with van der Waals surface area (Å²) in [6, 6.07) is 18.6. The van der Waals surface area contributed by atoms with Crippen molar-refractivity contribution in [3.63, 3.8) is 0 Å². The van der Waals surface area contributed by atoms with Gasteiger partial charge in [-0.15, -0.1) is 0 Å². The molecule has 1 aliphatic heterocycles. The Morgan fingerprint density at radius 3 is 2.04 bits per heavy atom.